The zero-order chi connectivity index (χ0) is 13.0. The predicted octanol–water partition coefficient (Wildman–Crippen LogP) is 1.48. The summed E-state index contributed by atoms with van der Waals surface area (Å²) < 4.78 is 7.29. The normalized spacial score (nSPS) is 10.1. The zero-order valence-electron chi connectivity index (χ0n) is 10.1. The van der Waals surface area contributed by atoms with Crippen molar-refractivity contribution in [1.82, 2.24) is 9.99 Å². The number of rotatable bonds is 4. The number of nitrogens with one attached hydrogen (secondary N) is 1. The van der Waals surface area contributed by atoms with Crippen LogP contribution in [0.25, 0.3) is 5.69 Å². The van der Waals surface area contributed by atoms with Gasteiger partial charge in [0.15, 0.2) is 0 Å². The molecule has 2 rings (SSSR count). The van der Waals surface area contributed by atoms with Crippen LogP contribution in [-0.4, -0.2) is 17.1 Å². The molecule has 18 heavy (non-hydrogen) atoms. The molecule has 1 aromatic heterocycles. The molecule has 3 N–H and O–H groups in total. The van der Waals surface area contributed by atoms with Crippen LogP contribution >= 0.6 is 0 Å². The molecule has 94 valence electrons. The summed E-state index contributed by atoms with van der Waals surface area (Å²) in [6.07, 6.45) is 1.79. The van der Waals surface area contributed by atoms with Gasteiger partial charge in [-0.2, -0.15) is 0 Å². The molecule has 1 amide bonds. The van der Waals surface area contributed by atoms with E-state index in [1.54, 1.807) is 22.9 Å². The summed E-state index contributed by atoms with van der Waals surface area (Å²) in [7, 11) is 0. The van der Waals surface area contributed by atoms with Crippen molar-refractivity contribution in [3.63, 3.8) is 0 Å². The lowest BCUT2D eigenvalue weighted by molar-refractivity contribution is 0.0947. The van der Waals surface area contributed by atoms with E-state index in [0.717, 1.165) is 11.4 Å². The topological polar surface area (TPSA) is 69.3 Å². The number of para-hydroxylation sites is 2. The average Bonchev–Trinajstić information content (AvgIpc) is 2.88. The van der Waals surface area contributed by atoms with Crippen LogP contribution in [0.1, 0.15) is 17.4 Å². The van der Waals surface area contributed by atoms with Crippen molar-refractivity contribution in [3.05, 3.63) is 48.3 Å². The highest BCUT2D eigenvalue weighted by atomic mass is 16.5. The molecule has 0 saturated carbocycles. The van der Waals surface area contributed by atoms with Crippen molar-refractivity contribution in [2.45, 2.75) is 6.92 Å². The van der Waals surface area contributed by atoms with E-state index in [-0.39, 0.29) is 5.91 Å². The molecule has 0 aliphatic carbocycles. The highest BCUT2D eigenvalue weighted by Gasteiger charge is 2.13. The van der Waals surface area contributed by atoms with Gasteiger partial charge in [0.25, 0.3) is 5.91 Å². The van der Waals surface area contributed by atoms with Crippen LogP contribution in [0.4, 0.5) is 0 Å². The number of hydrogen-bond acceptors (Lipinski definition) is 3. The van der Waals surface area contributed by atoms with E-state index < -0.39 is 0 Å². The average molecular weight is 245 g/mol. The summed E-state index contributed by atoms with van der Waals surface area (Å²) in [5.41, 5.74) is 3.40. The first-order valence-electron chi connectivity index (χ1n) is 5.68. The molecule has 5 nitrogen and oxygen atoms in total. The lowest BCUT2D eigenvalue weighted by Gasteiger charge is -2.13. The van der Waals surface area contributed by atoms with E-state index in [1.165, 1.54) is 0 Å². The largest absolute Gasteiger partial charge is 0.492 e. The van der Waals surface area contributed by atoms with E-state index in [4.69, 9.17) is 10.6 Å². The first kappa shape index (κ1) is 12.2. The summed E-state index contributed by atoms with van der Waals surface area (Å²) >= 11 is 0. The summed E-state index contributed by atoms with van der Waals surface area (Å²) in [6.45, 7) is 2.48. The predicted molar refractivity (Wildman–Crippen MR) is 68.6 cm³/mol. The van der Waals surface area contributed by atoms with Gasteiger partial charge in [0.2, 0.25) is 0 Å². The molecule has 0 atom stereocenters. The number of carbonyl (C=O) groups is 1. The maximum atomic E-state index is 11.6. The lowest BCUT2D eigenvalue weighted by atomic mass is 10.2. The Labute approximate surface area is 105 Å². The molecule has 0 spiro atoms. The number of nitrogens with zero attached hydrogens (tertiary/aromatic N) is 1. The third-order valence-electron chi connectivity index (χ3n) is 2.54. The molecular weight excluding hydrogens is 230 g/mol. The fraction of sp³-hybridized carbons (Fsp3) is 0.154. The van der Waals surface area contributed by atoms with Gasteiger partial charge in [-0.05, 0) is 31.2 Å². The van der Waals surface area contributed by atoms with Crippen molar-refractivity contribution in [2.75, 3.05) is 6.61 Å². The number of nitrogens with two attached hydrogens (primary N) is 1. The van der Waals surface area contributed by atoms with E-state index in [1.807, 2.05) is 31.2 Å². The highest BCUT2D eigenvalue weighted by molar-refractivity contribution is 5.93. The Bertz CT molecular complexity index is 549. The van der Waals surface area contributed by atoms with Crippen LogP contribution in [-0.2, 0) is 0 Å². The Kier molecular flexibility index (Phi) is 3.64. The van der Waals surface area contributed by atoms with Crippen molar-refractivity contribution in [3.8, 4) is 11.4 Å². The Morgan fingerprint density at radius 1 is 1.33 bits per heavy atom. The van der Waals surface area contributed by atoms with Gasteiger partial charge in [0.1, 0.15) is 11.4 Å². The van der Waals surface area contributed by atoms with Crippen LogP contribution in [0.15, 0.2) is 42.6 Å². The van der Waals surface area contributed by atoms with Gasteiger partial charge >= 0.3 is 0 Å². The Balaban J connectivity index is 2.49. The molecule has 0 radical (unpaired) electrons. The Hall–Kier alpha value is -2.27. The number of benzene rings is 1. The van der Waals surface area contributed by atoms with Crippen molar-refractivity contribution in [1.29, 1.82) is 0 Å². The van der Waals surface area contributed by atoms with Gasteiger partial charge in [-0.3, -0.25) is 10.2 Å². The molecule has 2 aromatic rings. The fourth-order valence-corrected chi connectivity index (χ4v) is 1.78. The minimum Gasteiger partial charge on any atom is -0.492 e. The molecule has 0 aliphatic rings. The molecule has 0 fully saturated rings. The van der Waals surface area contributed by atoms with Crippen LogP contribution in [0.5, 0.6) is 5.75 Å². The molecular formula is C13H15N3O2. The van der Waals surface area contributed by atoms with Crippen LogP contribution in [0.2, 0.25) is 0 Å². The number of ether oxygens (including phenoxy) is 1. The quantitative estimate of drug-likeness (QED) is 0.487. The van der Waals surface area contributed by atoms with Crippen molar-refractivity contribution < 1.29 is 9.53 Å². The van der Waals surface area contributed by atoms with Gasteiger partial charge < -0.3 is 9.30 Å². The molecule has 1 heterocycles. The summed E-state index contributed by atoms with van der Waals surface area (Å²) in [6, 6.07) is 11.0. The molecule has 0 aliphatic heterocycles. The molecule has 0 unspecified atom stereocenters. The van der Waals surface area contributed by atoms with E-state index in [9.17, 15) is 4.79 Å². The van der Waals surface area contributed by atoms with E-state index in [0.29, 0.717) is 12.3 Å². The maximum Gasteiger partial charge on any atom is 0.282 e. The van der Waals surface area contributed by atoms with E-state index in [2.05, 4.69) is 5.43 Å². The smallest absolute Gasteiger partial charge is 0.282 e. The second kappa shape index (κ2) is 5.37. The van der Waals surface area contributed by atoms with Gasteiger partial charge in [-0.15, -0.1) is 0 Å². The van der Waals surface area contributed by atoms with Crippen LogP contribution in [0.3, 0.4) is 0 Å². The third kappa shape index (κ3) is 2.21. The van der Waals surface area contributed by atoms with Gasteiger partial charge in [-0.25, -0.2) is 5.84 Å². The summed E-state index contributed by atoms with van der Waals surface area (Å²) in [5.74, 6) is 5.55. The van der Waals surface area contributed by atoms with Crippen LogP contribution in [0, 0.1) is 0 Å². The van der Waals surface area contributed by atoms with Gasteiger partial charge in [0.05, 0.1) is 12.3 Å². The van der Waals surface area contributed by atoms with Gasteiger partial charge in [-0.1, -0.05) is 12.1 Å². The first-order valence-corrected chi connectivity index (χ1v) is 5.68. The molecule has 1 aromatic carbocycles. The summed E-state index contributed by atoms with van der Waals surface area (Å²) in [5, 5.41) is 0. The van der Waals surface area contributed by atoms with E-state index >= 15 is 0 Å². The second-order valence-corrected chi connectivity index (χ2v) is 3.64. The number of aromatic nitrogens is 1. The fourth-order valence-electron chi connectivity index (χ4n) is 1.78. The minimum absolute atomic E-state index is 0.341. The lowest BCUT2D eigenvalue weighted by Crippen LogP contribution is -2.31. The standard InChI is InChI=1S/C13H15N3O2/c1-2-18-12-8-4-3-6-10(12)16-9-5-7-11(16)13(17)15-14/h3-9H,2,14H2,1H3,(H,15,17). The number of amides is 1. The second-order valence-electron chi connectivity index (χ2n) is 3.64. The number of hydrazine groups is 1. The van der Waals surface area contributed by atoms with Gasteiger partial charge in [0, 0.05) is 6.20 Å². The minimum atomic E-state index is -0.341. The summed E-state index contributed by atoms with van der Waals surface area (Å²) in [4.78, 5) is 11.6. The third-order valence-corrected chi connectivity index (χ3v) is 2.54. The first-order chi connectivity index (χ1) is 8.77. The number of hydrogen-bond donors (Lipinski definition) is 2. The van der Waals surface area contributed by atoms with Crippen LogP contribution < -0.4 is 16.0 Å². The Morgan fingerprint density at radius 3 is 2.83 bits per heavy atom. The van der Waals surface area contributed by atoms with Crippen molar-refractivity contribution >= 4 is 5.91 Å². The number of carbonyl (C=O) groups excluding carboxylic acids is 1. The van der Waals surface area contributed by atoms with Crippen molar-refractivity contribution in [2.24, 2.45) is 5.84 Å². The SMILES string of the molecule is CCOc1ccccc1-n1cccc1C(=O)NN. The molecule has 0 bridgehead atoms. The monoisotopic (exact) mass is 245 g/mol. The number of nitrogen functional groups attached to an aromatic ring is 1. The highest BCUT2D eigenvalue weighted by Crippen LogP contribution is 2.24. The Morgan fingerprint density at radius 2 is 2.11 bits per heavy atom. The maximum absolute atomic E-state index is 11.6. The molecule has 0 saturated heterocycles. The molecule has 5 heteroatoms. The zero-order valence-corrected chi connectivity index (χ0v) is 10.1.